The highest BCUT2D eigenvalue weighted by atomic mass is 32.1. The van der Waals surface area contributed by atoms with E-state index in [0.717, 1.165) is 5.56 Å². The van der Waals surface area contributed by atoms with Gasteiger partial charge < -0.3 is 0 Å². The summed E-state index contributed by atoms with van der Waals surface area (Å²) < 4.78 is 0. The minimum Gasteiger partial charge on any atom is -0.298 e. The lowest BCUT2D eigenvalue weighted by atomic mass is 10.2. The van der Waals surface area contributed by atoms with Crippen LogP contribution in [0.25, 0.3) is 6.08 Å². The van der Waals surface area contributed by atoms with E-state index in [2.05, 4.69) is 15.3 Å². The number of thiazole rings is 1. The molecule has 2 aromatic rings. The van der Waals surface area contributed by atoms with Gasteiger partial charge in [0.1, 0.15) is 0 Å². The lowest BCUT2D eigenvalue weighted by Gasteiger charge is -1.95. The number of amides is 1. The van der Waals surface area contributed by atoms with Gasteiger partial charge in [0.2, 0.25) is 5.91 Å². The lowest BCUT2D eigenvalue weighted by molar-refractivity contribution is -0.111. The average Bonchev–Trinajstić information content (AvgIpc) is 2.81. The highest BCUT2D eigenvalue weighted by Crippen LogP contribution is 2.10. The molecule has 2 aromatic heterocycles. The Morgan fingerprint density at radius 1 is 1.31 bits per heavy atom. The number of nitrogens with zero attached hydrogens (tertiary/aromatic N) is 2. The molecule has 2 heterocycles. The summed E-state index contributed by atoms with van der Waals surface area (Å²) in [5, 5.41) is 5.07. The van der Waals surface area contributed by atoms with E-state index in [0.29, 0.717) is 5.13 Å². The van der Waals surface area contributed by atoms with Crippen molar-refractivity contribution in [1.82, 2.24) is 9.97 Å². The summed E-state index contributed by atoms with van der Waals surface area (Å²) in [5.74, 6) is -0.188. The van der Waals surface area contributed by atoms with Crippen LogP contribution in [0.2, 0.25) is 0 Å². The lowest BCUT2D eigenvalue weighted by Crippen LogP contribution is -2.06. The number of carbonyl (C=O) groups is 1. The molecule has 0 aliphatic carbocycles. The highest BCUT2D eigenvalue weighted by molar-refractivity contribution is 7.13. The van der Waals surface area contributed by atoms with Crippen molar-refractivity contribution >= 4 is 28.5 Å². The van der Waals surface area contributed by atoms with Crippen LogP contribution in [0.4, 0.5) is 5.13 Å². The SMILES string of the molecule is O=C(/C=C/c1ccncc1)Nc1nccs1. The predicted octanol–water partition coefficient (Wildman–Crippen LogP) is 2.19. The second-order valence-corrected chi connectivity index (χ2v) is 3.83. The maximum atomic E-state index is 11.4. The zero-order valence-electron chi connectivity index (χ0n) is 8.33. The molecule has 5 heteroatoms. The maximum Gasteiger partial charge on any atom is 0.250 e. The summed E-state index contributed by atoms with van der Waals surface area (Å²) in [5.41, 5.74) is 0.935. The van der Waals surface area contributed by atoms with Gasteiger partial charge in [0, 0.05) is 30.0 Å². The van der Waals surface area contributed by atoms with Crippen molar-refractivity contribution in [3.05, 3.63) is 47.7 Å². The summed E-state index contributed by atoms with van der Waals surface area (Å²) in [6.45, 7) is 0. The predicted molar refractivity (Wildman–Crippen MR) is 64.0 cm³/mol. The van der Waals surface area contributed by atoms with Crippen molar-refractivity contribution in [2.24, 2.45) is 0 Å². The maximum absolute atomic E-state index is 11.4. The molecule has 1 N–H and O–H groups in total. The number of aromatic nitrogens is 2. The quantitative estimate of drug-likeness (QED) is 0.824. The van der Waals surface area contributed by atoms with Crippen LogP contribution < -0.4 is 5.32 Å². The topological polar surface area (TPSA) is 54.9 Å². The van der Waals surface area contributed by atoms with Crippen molar-refractivity contribution in [3.8, 4) is 0 Å². The second-order valence-electron chi connectivity index (χ2n) is 2.94. The molecule has 1 amide bonds. The van der Waals surface area contributed by atoms with Crippen molar-refractivity contribution in [1.29, 1.82) is 0 Å². The van der Waals surface area contributed by atoms with Crippen LogP contribution >= 0.6 is 11.3 Å². The smallest absolute Gasteiger partial charge is 0.250 e. The number of nitrogens with one attached hydrogen (secondary N) is 1. The summed E-state index contributed by atoms with van der Waals surface area (Å²) in [7, 11) is 0. The van der Waals surface area contributed by atoms with E-state index in [1.54, 1.807) is 24.7 Å². The minimum atomic E-state index is -0.188. The van der Waals surface area contributed by atoms with Crippen molar-refractivity contribution in [2.75, 3.05) is 5.32 Å². The van der Waals surface area contributed by atoms with Gasteiger partial charge in [0.05, 0.1) is 0 Å². The number of pyridine rings is 1. The molecule has 0 spiro atoms. The van der Waals surface area contributed by atoms with E-state index in [4.69, 9.17) is 0 Å². The largest absolute Gasteiger partial charge is 0.298 e. The fourth-order valence-electron chi connectivity index (χ4n) is 1.08. The highest BCUT2D eigenvalue weighted by Gasteiger charge is 1.98. The zero-order chi connectivity index (χ0) is 11.2. The molecule has 2 rings (SSSR count). The normalized spacial score (nSPS) is 10.5. The third kappa shape index (κ3) is 2.99. The number of hydrogen-bond donors (Lipinski definition) is 1. The molecule has 0 saturated carbocycles. The fraction of sp³-hybridized carbons (Fsp3) is 0. The van der Waals surface area contributed by atoms with E-state index in [1.807, 2.05) is 17.5 Å². The standard InChI is InChI=1S/C11H9N3OS/c15-10(14-11-13-7-8-16-11)2-1-9-3-5-12-6-4-9/h1-8H,(H,13,14,15)/b2-1+. The molecule has 0 aromatic carbocycles. The Hall–Kier alpha value is -2.01. The number of hydrogen-bond acceptors (Lipinski definition) is 4. The first-order valence-electron chi connectivity index (χ1n) is 4.63. The Labute approximate surface area is 96.7 Å². The van der Waals surface area contributed by atoms with Crippen molar-refractivity contribution in [3.63, 3.8) is 0 Å². The molecule has 0 radical (unpaired) electrons. The molecule has 4 nitrogen and oxygen atoms in total. The van der Waals surface area contributed by atoms with E-state index in [1.165, 1.54) is 17.4 Å². The van der Waals surface area contributed by atoms with Crippen molar-refractivity contribution in [2.45, 2.75) is 0 Å². The first kappa shape index (κ1) is 10.5. The average molecular weight is 231 g/mol. The number of rotatable bonds is 3. The third-order valence-electron chi connectivity index (χ3n) is 1.80. The first-order valence-corrected chi connectivity index (χ1v) is 5.51. The minimum absolute atomic E-state index is 0.188. The number of anilines is 1. The summed E-state index contributed by atoms with van der Waals surface area (Å²) >= 11 is 1.39. The Morgan fingerprint density at radius 3 is 2.81 bits per heavy atom. The molecular formula is C11H9N3OS. The van der Waals surface area contributed by atoms with Crippen LogP contribution in [-0.4, -0.2) is 15.9 Å². The second kappa shape index (κ2) is 5.18. The van der Waals surface area contributed by atoms with Gasteiger partial charge in [0.15, 0.2) is 5.13 Å². The van der Waals surface area contributed by atoms with Crippen LogP contribution in [0.3, 0.4) is 0 Å². The Balaban J connectivity index is 1.95. The molecule has 16 heavy (non-hydrogen) atoms. The molecule has 80 valence electrons. The monoisotopic (exact) mass is 231 g/mol. The summed E-state index contributed by atoms with van der Waals surface area (Å²) in [6.07, 6.45) is 8.20. The van der Waals surface area contributed by atoms with Gasteiger partial charge >= 0.3 is 0 Å². The van der Waals surface area contributed by atoms with E-state index in [9.17, 15) is 4.79 Å². The molecule has 0 aliphatic heterocycles. The van der Waals surface area contributed by atoms with Gasteiger partial charge in [-0.25, -0.2) is 4.98 Å². The van der Waals surface area contributed by atoms with Crippen LogP contribution in [0.15, 0.2) is 42.2 Å². The van der Waals surface area contributed by atoms with Crippen LogP contribution in [0.1, 0.15) is 5.56 Å². The molecule has 0 saturated heterocycles. The van der Waals surface area contributed by atoms with Gasteiger partial charge in [-0.15, -0.1) is 11.3 Å². The molecule has 0 unspecified atom stereocenters. The Bertz CT molecular complexity index is 479. The zero-order valence-corrected chi connectivity index (χ0v) is 9.15. The van der Waals surface area contributed by atoms with Gasteiger partial charge in [-0.3, -0.25) is 15.1 Å². The summed E-state index contributed by atoms with van der Waals surface area (Å²) in [4.78, 5) is 19.3. The van der Waals surface area contributed by atoms with Gasteiger partial charge in [-0.05, 0) is 23.8 Å². The fourth-order valence-corrected chi connectivity index (χ4v) is 1.61. The van der Waals surface area contributed by atoms with Crippen LogP contribution in [0.5, 0.6) is 0 Å². The van der Waals surface area contributed by atoms with Crippen LogP contribution in [0, 0.1) is 0 Å². The Kier molecular flexibility index (Phi) is 3.40. The molecule has 0 aliphatic rings. The molecular weight excluding hydrogens is 222 g/mol. The van der Waals surface area contributed by atoms with Gasteiger partial charge in [-0.1, -0.05) is 0 Å². The third-order valence-corrected chi connectivity index (χ3v) is 2.48. The molecule has 0 fully saturated rings. The van der Waals surface area contributed by atoms with E-state index >= 15 is 0 Å². The van der Waals surface area contributed by atoms with Crippen molar-refractivity contribution < 1.29 is 4.79 Å². The van der Waals surface area contributed by atoms with Gasteiger partial charge in [-0.2, -0.15) is 0 Å². The van der Waals surface area contributed by atoms with Crippen LogP contribution in [-0.2, 0) is 4.79 Å². The van der Waals surface area contributed by atoms with Gasteiger partial charge in [0.25, 0.3) is 0 Å². The Morgan fingerprint density at radius 2 is 2.12 bits per heavy atom. The number of carbonyl (C=O) groups excluding carboxylic acids is 1. The van der Waals surface area contributed by atoms with E-state index < -0.39 is 0 Å². The molecule has 0 bridgehead atoms. The summed E-state index contributed by atoms with van der Waals surface area (Å²) in [6, 6.07) is 3.65. The molecule has 0 atom stereocenters. The van der Waals surface area contributed by atoms with E-state index in [-0.39, 0.29) is 5.91 Å². The first-order chi connectivity index (χ1) is 7.84.